The largest absolute Gasteiger partial charge is 0.480 e. The van der Waals surface area contributed by atoms with Crippen molar-refractivity contribution in [1.82, 2.24) is 14.9 Å². The molecule has 4 rings (SSSR count). The van der Waals surface area contributed by atoms with Crippen LogP contribution < -0.4 is 15.4 Å². The number of nitrogens with one attached hydrogen (secondary N) is 2. The maximum atomic E-state index is 14.1. The van der Waals surface area contributed by atoms with Gasteiger partial charge < -0.3 is 20.3 Å². The molecule has 0 bridgehead atoms. The van der Waals surface area contributed by atoms with Crippen molar-refractivity contribution in [2.45, 2.75) is 25.7 Å². The first kappa shape index (κ1) is 24.8. The van der Waals surface area contributed by atoms with E-state index in [0.717, 1.165) is 43.8 Å². The number of nitrogens with zero attached hydrogens (tertiary/aromatic N) is 3. The lowest BCUT2D eigenvalue weighted by Gasteiger charge is -2.30. The van der Waals surface area contributed by atoms with Crippen molar-refractivity contribution in [3.63, 3.8) is 0 Å². The zero-order valence-corrected chi connectivity index (χ0v) is 20.4. The molecule has 2 heterocycles. The highest BCUT2D eigenvalue weighted by atomic mass is 35.5. The zero-order chi connectivity index (χ0) is 25.1. The molecule has 0 radical (unpaired) electrons. The van der Waals surface area contributed by atoms with Crippen LogP contribution >= 0.6 is 11.6 Å². The Morgan fingerprint density at radius 3 is 2.57 bits per heavy atom. The van der Waals surface area contributed by atoms with Gasteiger partial charge in [0.05, 0.1) is 12.8 Å². The van der Waals surface area contributed by atoms with E-state index in [1.807, 2.05) is 12.1 Å². The third kappa shape index (κ3) is 5.52. The van der Waals surface area contributed by atoms with Crippen molar-refractivity contribution in [2.75, 3.05) is 37.9 Å². The number of benzene rings is 2. The number of amides is 1. The van der Waals surface area contributed by atoms with Gasteiger partial charge in [0.15, 0.2) is 0 Å². The quantitative estimate of drug-likeness (QED) is 0.432. The predicted octanol–water partition coefficient (Wildman–Crippen LogP) is 5.53. The third-order valence-corrected chi connectivity index (χ3v) is 6.53. The van der Waals surface area contributed by atoms with Crippen molar-refractivity contribution < 1.29 is 18.3 Å². The number of aryl methyl sites for hydroxylation is 1. The van der Waals surface area contributed by atoms with Gasteiger partial charge in [-0.05, 0) is 81.2 Å². The van der Waals surface area contributed by atoms with E-state index in [0.29, 0.717) is 5.92 Å². The molecule has 0 atom stereocenters. The van der Waals surface area contributed by atoms with Crippen LogP contribution in [0.2, 0.25) is 5.02 Å². The smallest absolute Gasteiger partial charge is 0.262 e. The summed E-state index contributed by atoms with van der Waals surface area (Å²) >= 11 is 5.79. The monoisotopic (exact) mass is 501 g/mol. The summed E-state index contributed by atoms with van der Waals surface area (Å²) in [7, 11) is 3.49. The molecular weight excluding hydrogens is 476 g/mol. The van der Waals surface area contributed by atoms with Crippen molar-refractivity contribution in [3.05, 3.63) is 69.9 Å². The second kappa shape index (κ2) is 10.5. The van der Waals surface area contributed by atoms with Crippen LogP contribution in [-0.4, -0.2) is 48.0 Å². The highest BCUT2D eigenvalue weighted by Crippen LogP contribution is 2.32. The minimum absolute atomic E-state index is 0.0346. The van der Waals surface area contributed by atoms with Crippen LogP contribution in [0.3, 0.4) is 0 Å². The second-order valence-corrected chi connectivity index (χ2v) is 8.94. The number of carbonyl (C=O) groups is 1. The van der Waals surface area contributed by atoms with E-state index >= 15 is 0 Å². The van der Waals surface area contributed by atoms with E-state index in [1.165, 1.54) is 24.4 Å². The van der Waals surface area contributed by atoms with Crippen LogP contribution in [0, 0.1) is 18.6 Å². The number of methoxy groups -OCH3 is 1. The highest BCUT2D eigenvalue weighted by Gasteiger charge is 2.22. The van der Waals surface area contributed by atoms with Gasteiger partial charge in [-0.15, -0.1) is 0 Å². The molecule has 2 N–H and O–H groups in total. The van der Waals surface area contributed by atoms with Gasteiger partial charge in [-0.1, -0.05) is 17.7 Å². The van der Waals surface area contributed by atoms with Crippen molar-refractivity contribution in [3.8, 4) is 5.88 Å². The summed E-state index contributed by atoms with van der Waals surface area (Å²) < 4.78 is 33.0. The number of hydrogen-bond acceptors (Lipinski definition) is 6. The van der Waals surface area contributed by atoms with E-state index in [9.17, 15) is 13.6 Å². The van der Waals surface area contributed by atoms with E-state index in [2.05, 4.69) is 45.5 Å². The molecule has 10 heteroatoms. The summed E-state index contributed by atoms with van der Waals surface area (Å²) in [6.07, 6.45) is 3.52. The van der Waals surface area contributed by atoms with Crippen LogP contribution in [0.15, 0.2) is 36.5 Å². The summed E-state index contributed by atoms with van der Waals surface area (Å²) in [5.74, 6) is -1.79. The first-order valence-electron chi connectivity index (χ1n) is 11.2. The Labute approximate surface area is 207 Å². The third-order valence-electron chi connectivity index (χ3n) is 6.16. The fraction of sp³-hybridized carbons (Fsp3) is 0.320. The summed E-state index contributed by atoms with van der Waals surface area (Å²) in [4.78, 5) is 23.5. The van der Waals surface area contributed by atoms with E-state index in [4.69, 9.17) is 16.3 Å². The molecule has 1 aliphatic heterocycles. The first-order valence-corrected chi connectivity index (χ1v) is 11.6. The Balaban J connectivity index is 1.50. The number of likely N-dealkylation sites (tertiary alicyclic amines) is 1. The molecule has 2 aromatic carbocycles. The molecule has 0 spiro atoms. The topological polar surface area (TPSA) is 79.4 Å². The Bertz CT molecular complexity index is 1250. The summed E-state index contributed by atoms with van der Waals surface area (Å²) in [6, 6.07) is 7.89. The number of ether oxygens (including phenoxy) is 1. The molecule has 1 aromatic heterocycles. The van der Waals surface area contributed by atoms with E-state index < -0.39 is 28.3 Å². The fourth-order valence-electron chi connectivity index (χ4n) is 4.22. The van der Waals surface area contributed by atoms with Gasteiger partial charge in [-0.2, -0.15) is 4.98 Å². The molecule has 1 fully saturated rings. The van der Waals surface area contributed by atoms with Gasteiger partial charge in [-0.3, -0.25) is 4.79 Å². The molecule has 1 saturated heterocycles. The van der Waals surface area contributed by atoms with Gasteiger partial charge in [0.25, 0.3) is 5.91 Å². The normalized spacial score (nSPS) is 14.6. The molecule has 35 heavy (non-hydrogen) atoms. The molecule has 184 valence electrons. The summed E-state index contributed by atoms with van der Waals surface area (Å²) in [5, 5.41) is 4.85. The lowest BCUT2D eigenvalue weighted by atomic mass is 9.87. The molecular formula is C25H26ClF2N5O2. The number of piperidine rings is 1. The standard InChI is InChI=1S/C25H26ClF2N5O2/c1-14-12-16(4-5-17(14)15-8-10-33(2)11-9-15)30-25-29-13-18(24(32-25)35-3)23(34)31-22-20(28)7-6-19(27)21(22)26/h4-7,12-13,15H,8-11H2,1-3H3,(H,31,34)(H,29,30,32). The van der Waals surface area contributed by atoms with Crippen LogP contribution in [0.4, 0.5) is 26.1 Å². The number of hydrogen-bond donors (Lipinski definition) is 2. The van der Waals surface area contributed by atoms with Crippen LogP contribution in [0.5, 0.6) is 5.88 Å². The maximum absolute atomic E-state index is 14.1. The van der Waals surface area contributed by atoms with Gasteiger partial charge in [0.1, 0.15) is 22.2 Å². The van der Waals surface area contributed by atoms with Crippen molar-refractivity contribution in [2.24, 2.45) is 0 Å². The van der Waals surface area contributed by atoms with E-state index in [1.54, 1.807) is 0 Å². The average molecular weight is 502 g/mol. The van der Waals surface area contributed by atoms with Crippen molar-refractivity contribution >= 4 is 34.8 Å². The number of carbonyl (C=O) groups excluding carboxylic acids is 1. The number of halogens is 3. The molecule has 1 amide bonds. The lowest BCUT2D eigenvalue weighted by Crippen LogP contribution is -2.29. The molecule has 0 unspecified atom stereocenters. The molecule has 7 nitrogen and oxygen atoms in total. The Kier molecular flexibility index (Phi) is 7.47. The van der Waals surface area contributed by atoms with Crippen molar-refractivity contribution in [1.29, 1.82) is 0 Å². The summed E-state index contributed by atoms with van der Waals surface area (Å²) in [6.45, 7) is 4.27. The van der Waals surface area contributed by atoms with Crippen LogP contribution in [-0.2, 0) is 0 Å². The molecule has 0 aliphatic carbocycles. The molecule has 3 aromatic rings. The predicted molar refractivity (Wildman–Crippen MR) is 132 cm³/mol. The maximum Gasteiger partial charge on any atom is 0.262 e. The zero-order valence-electron chi connectivity index (χ0n) is 19.7. The summed E-state index contributed by atoms with van der Waals surface area (Å²) in [5.41, 5.74) is 2.79. The minimum atomic E-state index is -0.873. The van der Waals surface area contributed by atoms with Gasteiger partial charge in [-0.25, -0.2) is 13.8 Å². The molecule has 1 aliphatic rings. The number of anilines is 3. The number of aromatic nitrogens is 2. The highest BCUT2D eigenvalue weighted by molar-refractivity contribution is 6.34. The minimum Gasteiger partial charge on any atom is -0.480 e. The second-order valence-electron chi connectivity index (χ2n) is 8.56. The first-order chi connectivity index (χ1) is 16.8. The van der Waals surface area contributed by atoms with Gasteiger partial charge >= 0.3 is 0 Å². The van der Waals surface area contributed by atoms with Crippen LogP contribution in [0.25, 0.3) is 0 Å². The Hall–Kier alpha value is -3.30. The molecule has 0 saturated carbocycles. The Morgan fingerprint density at radius 1 is 1.17 bits per heavy atom. The van der Waals surface area contributed by atoms with Gasteiger partial charge in [0.2, 0.25) is 11.8 Å². The number of rotatable bonds is 6. The lowest BCUT2D eigenvalue weighted by molar-refractivity contribution is 0.102. The van der Waals surface area contributed by atoms with Gasteiger partial charge in [0, 0.05) is 11.9 Å². The van der Waals surface area contributed by atoms with E-state index in [-0.39, 0.29) is 17.4 Å². The average Bonchev–Trinajstić information content (AvgIpc) is 2.85. The fourth-order valence-corrected chi connectivity index (χ4v) is 4.42. The van der Waals surface area contributed by atoms with Crippen LogP contribution in [0.1, 0.15) is 40.2 Å². The SMILES string of the molecule is COc1nc(Nc2ccc(C3CCN(C)CC3)c(C)c2)ncc1C(=O)Nc1c(F)ccc(F)c1Cl. The Morgan fingerprint density at radius 2 is 1.89 bits per heavy atom.